The lowest BCUT2D eigenvalue weighted by atomic mass is 9.88. The van der Waals surface area contributed by atoms with Gasteiger partial charge in [-0.25, -0.2) is 0 Å². The highest BCUT2D eigenvalue weighted by atomic mass is 16.1. The van der Waals surface area contributed by atoms with Crippen LogP contribution in [0.2, 0.25) is 0 Å². The van der Waals surface area contributed by atoms with Crippen molar-refractivity contribution in [3.05, 3.63) is 42.0 Å². The van der Waals surface area contributed by atoms with E-state index in [1.807, 2.05) is 18.2 Å². The van der Waals surface area contributed by atoms with Gasteiger partial charge in [0.25, 0.3) is 0 Å². The van der Waals surface area contributed by atoms with Crippen LogP contribution < -0.4 is 16.0 Å². The van der Waals surface area contributed by atoms with Crippen molar-refractivity contribution < 1.29 is 4.79 Å². The second-order valence-electron chi connectivity index (χ2n) is 7.23. The first kappa shape index (κ1) is 18.5. The van der Waals surface area contributed by atoms with Crippen LogP contribution in [0, 0.1) is 5.92 Å². The Balaban J connectivity index is 1.50. The van der Waals surface area contributed by atoms with Crippen LogP contribution in [0.15, 0.2) is 41.4 Å². The Morgan fingerprint density at radius 1 is 1.15 bits per heavy atom. The first-order valence-electron chi connectivity index (χ1n) is 9.76. The van der Waals surface area contributed by atoms with Crippen LogP contribution in [0.25, 0.3) is 0 Å². The molecule has 0 spiro atoms. The summed E-state index contributed by atoms with van der Waals surface area (Å²) in [5, 5.41) is 9.88. The number of anilines is 1. The molecule has 0 bridgehead atoms. The van der Waals surface area contributed by atoms with Crippen molar-refractivity contribution >= 4 is 17.6 Å². The molecule has 1 amide bonds. The van der Waals surface area contributed by atoms with Crippen LogP contribution in [0.4, 0.5) is 5.69 Å². The maximum atomic E-state index is 12.4. The average Bonchev–Trinajstić information content (AvgIpc) is 3.19. The van der Waals surface area contributed by atoms with Gasteiger partial charge >= 0.3 is 0 Å². The van der Waals surface area contributed by atoms with Crippen molar-refractivity contribution in [3.63, 3.8) is 0 Å². The summed E-state index contributed by atoms with van der Waals surface area (Å²) >= 11 is 0. The minimum Gasteiger partial charge on any atom is -0.353 e. The molecule has 0 heterocycles. The Labute approximate surface area is 156 Å². The standard InChI is InChI=1S/C21H30N4O/c1-22-21(25-18-11-5-6-12-18)23-15-16-8-7-13-19(14-16)24-20(26)17-9-3-2-4-10-17/h5-8,13-14,17-18H,2-4,9-12,15H2,1H3,(H,24,26)(H2,22,23,25). The number of guanidine groups is 1. The summed E-state index contributed by atoms with van der Waals surface area (Å²) in [5.41, 5.74) is 2.00. The Kier molecular flexibility index (Phi) is 6.69. The average molecular weight is 354 g/mol. The predicted molar refractivity (Wildman–Crippen MR) is 107 cm³/mol. The van der Waals surface area contributed by atoms with Gasteiger partial charge in [-0.05, 0) is 43.4 Å². The molecule has 5 nitrogen and oxygen atoms in total. The highest BCUT2D eigenvalue weighted by molar-refractivity contribution is 5.92. The van der Waals surface area contributed by atoms with Crippen molar-refractivity contribution in [2.45, 2.75) is 57.5 Å². The zero-order chi connectivity index (χ0) is 18.2. The zero-order valence-electron chi connectivity index (χ0n) is 15.6. The van der Waals surface area contributed by atoms with Crippen LogP contribution in [0.3, 0.4) is 0 Å². The van der Waals surface area contributed by atoms with E-state index in [9.17, 15) is 4.79 Å². The van der Waals surface area contributed by atoms with Gasteiger partial charge in [-0.1, -0.05) is 43.5 Å². The molecule has 0 radical (unpaired) electrons. The number of nitrogens with one attached hydrogen (secondary N) is 3. The number of rotatable bonds is 5. The summed E-state index contributed by atoms with van der Waals surface area (Å²) in [7, 11) is 1.79. The predicted octanol–water partition coefficient (Wildman–Crippen LogP) is 3.59. The quantitative estimate of drug-likeness (QED) is 0.430. The number of hydrogen-bond acceptors (Lipinski definition) is 2. The molecule has 1 aromatic carbocycles. The maximum absolute atomic E-state index is 12.4. The fourth-order valence-corrected chi connectivity index (χ4v) is 3.68. The van der Waals surface area contributed by atoms with Crippen LogP contribution in [0.1, 0.15) is 50.5 Å². The summed E-state index contributed by atoms with van der Waals surface area (Å²) < 4.78 is 0. The van der Waals surface area contributed by atoms with E-state index in [2.05, 4.69) is 39.2 Å². The van der Waals surface area contributed by atoms with Crippen LogP contribution in [0.5, 0.6) is 0 Å². The fraction of sp³-hybridized carbons (Fsp3) is 0.524. The van der Waals surface area contributed by atoms with Crippen molar-refractivity contribution in [1.29, 1.82) is 0 Å². The molecule has 0 atom stereocenters. The lowest BCUT2D eigenvalue weighted by Crippen LogP contribution is -2.42. The summed E-state index contributed by atoms with van der Waals surface area (Å²) in [4.78, 5) is 16.7. The smallest absolute Gasteiger partial charge is 0.227 e. The SMILES string of the molecule is CN=C(NCc1cccc(NC(=O)C2CCCCC2)c1)NC1CC=CC1. The molecule has 140 valence electrons. The van der Waals surface area contributed by atoms with Gasteiger partial charge in [0, 0.05) is 31.2 Å². The Hall–Kier alpha value is -2.30. The number of aliphatic imine (C=N–C) groups is 1. The molecule has 0 unspecified atom stereocenters. The molecule has 0 aliphatic heterocycles. The summed E-state index contributed by atoms with van der Waals surface area (Å²) in [5.74, 6) is 1.16. The summed E-state index contributed by atoms with van der Waals surface area (Å²) in [6.45, 7) is 0.674. The first-order chi connectivity index (χ1) is 12.7. The van der Waals surface area contributed by atoms with Crippen LogP contribution >= 0.6 is 0 Å². The number of carbonyl (C=O) groups excluding carboxylic acids is 1. The normalized spacial score (nSPS) is 18.7. The molecule has 3 N–H and O–H groups in total. The van der Waals surface area contributed by atoms with Gasteiger partial charge in [-0.3, -0.25) is 9.79 Å². The van der Waals surface area contributed by atoms with E-state index in [-0.39, 0.29) is 11.8 Å². The van der Waals surface area contributed by atoms with Gasteiger partial charge in [0.15, 0.2) is 5.96 Å². The highest BCUT2D eigenvalue weighted by Gasteiger charge is 2.21. The number of benzene rings is 1. The zero-order valence-corrected chi connectivity index (χ0v) is 15.6. The second-order valence-corrected chi connectivity index (χ2v) is 7.23. The lowest BCUT2D eigenvalue weighted by molar-refractivity contribution is -0.120. The molecular weight excluding hydrogens is 324 g/mol. The molecule has 5 heteroatoms. The summed E-state index contributed by atoms with van der Waals surface area (Å²) in [6, 6.07) is 8.49. The molecule has 2 aliphatic carbocycles. The maximum Gasteiger partial charge on any atom is 0.227 e. The Bertz CT molecular complexity index is 654. The Morgan fingerprint density at radius 2 is 1.92 bits per heavy atom. The van der Waals surface area contributed by atoms with E-state index in [1.165, 1.54) is 19.3 Å². The van der Waals surface area contributed by atoms with E-state index in [0.717, 1.165) is 42.9 Å². The lowest BCUT2D eigenvalue weighted by Gasteiger charge is -2.21. The van der Waals surface area contributed by atoms with E-state index < -0.39 is 0 Å². The van der Waals surface area contributed by atoms with Gasteiger partial charge in [0.05, 0.1) is 0 Å². The summed E-state index contributed by atoms with van der Waals surface area (Å²) in [6.07, 6.45) is 12.1. The van der Waals surface area contributed by atoms with Gasteiger partial charge in [0.1, 0.15) is 0 Å². The molecule has 26 heavy (non-hydrogen) atoms. The van der Waals surface area contributed by atoms with E-state index in [0.29, 0.717) is 12.6 Å². The minimum absolute atomic E-state index is 0.168. The third-order valence-corrected chi connectivity index (χ3v) is 5.20. The van der Waals surface area contributed by atoms with Crippen molar-refractivity contribution in [1.82, 2.24) is 10.6 Å². The van der Waals surface area contributed by atoms with Gasteiger partial charge < -0.3 is 16.0 Å². The third kappa shape index (κ3) is 5.35. The third-order valence-electron chi connectivity index (χ3n) is 5.20. The van der Waals surface area contributed by atoms with Gasteiger partial charge in [-0.15, -0.1) is 0 Å². The topological polar surface area (TPSA) is 65.5 Å². The van der Waals surface area contributed by atoms with Gasteiger partial charge in [-0.2, -0.15) is 0 Å². The molecular formula is C21H30N4O. The largest absolute Gasteiger partial charge is 0.353 e. The van der Waals surface area contributed by atoms with E-state index >= 15 is 0 Å². The molecule has 0 aromatic heterocycles. The molecule has 3 rings (SSSR count). The molecule has 2 aliphatic rings. The number of hydrogen-bond donors (Lipinski definition) is 3. The monoisotopic (exact) mass is 354 g/mol. The Morgan fingerprint density at radius 3 is 2.65 bits per heavy atom. The molecule has 1 fully saturated rings. The molecule has 0 saturated heterocycles. The van der Waals surface area contributed by atoms with E-state index in [4.69, 9.17) is 0 Å². The number of carbonyl (C=O) groups is 1. The van der Waals surface area contributed by atoms with Gasteiger partial charge in [0.2, 0.25) is 5.91 Å². The first-order valence-corrected chi connectivity index (χ1v) is 9.76. The van der Waals surface area contributed by atoms with Crippen molar-refractivity contribution in [2.75, 3.05) is 12.4 Å². The second kappa shape index (κ2) is 9.41. The van der Waals surface area contributed by atoms with Crippen LogP contribution in [-0.4, -0.2) is 25.0 Å². The van der Waals surface area contributed by atoms with Crippen molar-refractivity contribution in [3.8, 4) is 0 Å². The highest BCUT2D eigenvalue weighted by Crippen LogP contribution is 2.25. The van der Waals surface area contributed by atoms with E-state index in [1.54, 1.807) is 7.05 Å². The minimum atomic E-state index is 0.168. The van der Waals surface area contributed by atoms with Crippen molar-refractivity contribution in [2.24, 2.45) is 10.9 Å². The molecule has 1 aromatic rings. The van der Waals surface area contributed by atoms with Crippen LogP contribution in [-0.2, 0) is 11.3 Å². The molecule has 1 saturated carbocycles. The number of amides is 1. The fourth-order valence-electron chi connectivity index (χ4n) is 3.68. The number of nitrogens with zero attached hydrogens (tertiary/aromatic N) is 1.